The van der Waals surface area contributed by atoms with Crippen LogP contribution in [-0.4, -0.2) is 29.9 Å². The van der Waals surface area contributed by atoms with Gasteiger partial charge in [0.1, 0.15) is 12.3 Å². The largest absolute Gasteiger partial charge is 0.461 e. The molecule has 0 aliphatic carbocycles. The molecule has 0 aliphatic rings. The Labute approximate surface area is 103 Å². The van der Waals surface area contributed by atoms with Gasteiger partial charge in [-0.3, -0.25) is 0 Å². The van der Waals surface area contributed by atoms with E-state index in [0.717, 1.165) is 0 Å². The summed E-state index contributed by atoms with van der Waals surface area (Å²) >= 11 is 1.21. The van der Waals surface area contributed by atoms with Gasteiger partial charge in [-0.2, -0.15) is 0 Å². The average Bonchev–Trinajstić information content (AvgIpc) is 2.71. The Balaban J connectivity index is 2.89. The molecule has 0 amide bonds. The highest BCUT2D eigenvalue weighted by Gasteiger charge is 2.19. The second kappa shape index (κ2) is 6.64. The van der Waals surface area contributed by atoms with Crippen LogP contribution in [0.4, 0.5) is 5.13 Å². The van der Waals surface area contributed by atoms with Crippen molar-refractivity contribution in [1.82, 2.24) is 4.98 Å². The Kier molecular flexibility index (Phi) is 5.15. The van der Waals surface area contributed by atoms with E-state index in [2.05, 4.69) is 16.7 Å². The van der Waals surface area contributed by atoms with Crippen LogP contribution in [0.3, 0.4) is 0 Å². The predicted molar refractivity (Wildman–Crippen MR) is 65.8 cm³/mol. The minimum absolute atomic E-state index is 0.00153. The third kappa shape index (κ3) is 3.87. The SMILES string of the molecule is C=CCO/N=C(\C(=O)OCC)c1csc(N)n1. The molecule has 7 heteroatoms. The quantitative estimate of drug-likeness (QED) is 0.271. The zero-order valence-electron chi connectivity index (χ0n) is 9.38. The minimum Gasteiger partial charge on any atom is -0.461 e. The number of nitrogens with two attached hydrogens (primary N) is 1. The molecule has 0 bridgehead atoms. The number of rotatable bonds is 6. The molecule has 17 heavy (non-hydrogen) atoms. The second-order valence-corrected chi connectivity index (χ2v) is 3.71. The molecular formula is C10H13N3O3S. The fourth-order valence-electron chi connectivity index (χ4n) is 0.939. The molecule has 92 valence electrons. The number of hydrogen-bond donors (Lipinski definition) is 1. The Morgan fingerprint density at radius 2 is 2.53 bits per heavy atom. The number of anilines is 1. The van der Waals surface area contributed by atoms with Crippen LogP contribution in [0, 0.1) is 0 Å². The maximum atomic E-state index is 11.6. The van der Waals surface area contributed by atoms with Crippen LogP contribution in [0.25, 0.3) is 0 Å². The highest BCUT2D eigenvalue weighted by atomic mass is 32.1. The number of oxime groups is 1. The van der Waals surface area contributed by atoms with E-state index < -0.39 is 5.97 Å². The van der Waals surface area contributed by atoms with Gasteiger partial charge in [0.15, 0.2) is 5.13 Å². The second-order valence-electron chi connectivity index (χ2n) is 2.82. The monoisotopic (exact) mass is 255 g/mol. The first kappa shape index (κ1) is 13.2. The summed E-state index contributed by atoms with van der Waals surface area (Å²) < 4.78 is 4.85. The lowest BCUT2D eigenvalue weighted by atomic mass is 10.3. The molecule has 0 spiro atoms. The summed E-state index contributed by atoms with van der Waals surface area (Å²) in [4.78, 5) is 20.4. The van der Waals surface area contributed by atoms with Gasteiger partial charge >= 0.3 is 5.97 Å². The highest BCUT2D eigenvalue weighted by molar-refractivity contribution is 7.13. The molecule has 6 nitrogen and oxygen atoms in total. The molecule has 2 N–H and O–H groups in total. The van der Waals surface area contributed by atoms with Crippen molar-refractivity contribution in [1.29, 1.82) is 0 Å². The topological polar surface area (TPSA) is 86.8 Å². The number of ether oxygens (including phenoxy) is 1. The van der Waals surface area contributed by atoms with Crippen LogP contribution in [0.15, 0.2) is 23.2 Å². The van der Waals surface area contributed by atoms with Crippen molar-refractivity contribution < 1.29 is 14.4 Å². The van der Waals surface area contributed by atoms with Gasteiger partial charge in [0.2, 0.25) is 5.71 Å². The van der Waals surface area contributed by atoms with Crippen molar-refractivity contribution in [3.8, 4) is 0 Å². The van der Waals surface area contributed by atoms with Crippen LogP contribution in [0.5, 0.6) is 0 Å². The average molecular weight is 255 g/mol. The van der Waals surface area contributed by atoms with Crippen molar-refractivity contribution >= 4 is 28.1 Å². The first-order valence-corrected chi connectivity index (χ1v) is 5.76. The summed E-state index contributed by atoms with van der Waals surface area (Å²) in [7, 11) is 0. The third-order valence-electron chi connectivity index (χ3n) is 1.58. The molecule has 1 rings (SSSR count). The van der Waals surface area contributed by atoms with Crippen LogP contribution >= 0.6 is 11.3 Å². The Morgan fingerprint density at radius 3 is 3.06 bits per heavy atom. The van der Waals surface area contributed by atoms with Crippen molar-refractivity contribution in [3.63, 3.8) is 0 Å². The number of carbonyl (C=O) groups is 1. The van der Waals surface area contributed by atoms with E-state index >= 15 is 0 Å². The number of esters is 1. The lowest BCUT2D eigenvalue weighted by molar-refractivity contribution is -0.135. The van der Waals surface area contributed by atoms with Crippen LogP contribution in [0.1, 0.15) is 12.6 Å². The summed E-state index contributed by atoms with van der Waals surface area (Å²) in [6.45, 7) is 5.62. The summed E-state index contributed by atoms with van der Waals surface area (Å²) in [6.07, 6.45) is 1.52. The summed E-state index contributed by atoms with van der Waals surface area (Å²) in [5.41, 5.74) is 5.83. The smallest absolute Gasteiger partial charge is 0.362 e. The fourth-order valence-corrected chi connectivity index (χ4v) is 1.49. The minimum atomic E-state index is -0.595. The zero-order chi connectivity index (χ0) is 12.7. The molecule has 0 atom stereocenters. The summed E-state index contributed by atoms with van der Waals surface area (Å²) in [5, 5.41) is 5.64. The highest BCUT2D eigenvalue weighted by Crippen LogP contribution is 2.13. The molecular weight excluding hydrogens is 242 g/mol. The lowest BCUT2D eigenvalue weighted by Gasteiger charge is -2.02. The van der Waals surface area contributed by atoms with Gasteiger partial charge in [0.25, 0.3) is 0 Å². The molecule has 0 saturated heterocycles. The van der Waals surface area contributed by atoms with E-state index in [0.29, 0.717) is 10.8 Å². The van der Waals surface area contributed by atoms with E-state index in [9.17, 15) is 4.79 Å². The molecule has 0 aliphatic heterocycles. The molecule has 0 unspecified atom stereocenters. The standard InChI is InChI=1S/C10H13N3O3S/c1-3-5-16-13-8(9(14)15-4-2)7-6-17-10(11)12-7/h3,6H,1,4-5H2,2H3,(H2,11,12)/b13-8-. The van der Waals surface area contributed by atoms with Gasteiger partial charge in [-0.05, 0) is 6.92 Å². The van der Waals surface area contributed by atoms with Gasteiger partial charge in [0, 0.05) is 5.38 Å². The number of aromatic nitrogens is 1. The molecule has 1 heterocycles. The number of thiazole rings is 1. The summed E-state index contributed by atoms with van der Waals surface area (Å²) in [5.74, 6) is -0.595. The lowest BCUT2D eigenvalue weighted by Crippen LogP contribution is -2.19. The maximum Gasteiger partial charge on any atom is 0.362 e. The van der Waals surface area contributed by atoms with E-state index in [1.54, 1.807) is 12.3 Å². The number of nitrogen functional groups attached to an aromatic ring is 1. The van der Waals surface area contributed by atoms with Crippen LogP contribution in [-0.2, 0) is 14.4 Å². The molecule has 0 aromatic carbocycles. The molecule has 0 fully saturated rings. The fraction of sp³-hybridized carbons (Fsp3) is 0.300. The number of carbonyl (C=O) groups excluding carboxylic acids is 1. The van der Waals surface area contributed by atoms with Crippen LogP contribution < -0.4 is 5.73 Å². The number of hydrogen-bond acceptors (Lipinski definition) is 7. The molecule has 0 radical (unpaired) electrons. The first-order valence-electron chi connectivity index (χ1n) is 4.88. The van der Waals surface area contributed by atoms with Crippen molar-refractivity contribution in [3.05, 3.63) is 23.7 Å². The Morgan fingerprint density at radius 1 is 1.76 bits per heavy atom. The van der Waals surface area contributed by atoms with Crippen LogP contribution in [0.2, 0.25) is 0 Å². The third-order valence-corrected chi connectivity index (χ3v) is 2.26. The van der Waals surface area contributed by atoms with E-state index in [4.69, 9.17) is 15.3 Å². The normalized spacial score (nSPS) is 11.0. The Bertz CT molecular complexity index is 428. The number of nitrogens with zero attached hydrogens (tertiary/aromatic N) is 2. The van der Waals surface area contributed by atoms with E-state index in [-0.39, 0.29) is 18.9 Å². The van der Waals surface area contributed by atoms with Crippen molar-refractivity contribution in [2.75, 3.05) is 18.9 Å². The van der Waals surface area contributed by atoms with E-state index in [1.165, 1.54) is 17.4 Å². The zero-order valence-corrected chi connectivity index (χ0v) is 10.2. The van der Waals surface area contributed by atoms with Gasteiger partial charge in [-0.15, -0.1) is 11.3 Å². The van der Waals surface area contributed by atoms with Gasteiger partial charge in [-0.1, -0.05) is 17.8 Å². The van der Waals surface area contributed by atoms with Crippen molar-refractivity contribution in [2.45, 2.75) is 6.92 Å². The van der Waals surface area contributed by atoms with Gasteiger partial charge in [-0.25, -0.2) is 9.78 Å². The molecule has 1 aromatic heterocycles. The van der Waals surface area contributed by atoms with E-state index in [1.807, 2.05) is 0 Å². The predicted octanol–water partition coefficient (Wildman–Crippen LogP) is 1.20. The molecule has 1 aromatic rings. The summed E-state index contributed by atoms with van der Waals surface area (Å²) in [6, 6.07) is 0. The Hall–Kier alpha value is -1.89. The molecule has 0 saturated carbocycles. The van der Waals surface area contributed by atoms with Crippen molar-refractivity contribution in [2.24, 2.45) is 5.16 Å². The van der Waals surface area contributed by atoms with Gasteiger partial charge in [0.05, 0.1) is 6.61 Å². The van der Waals surface area contributed by atoms with Gasteiger partial charge < -0.3 is 15.3 Å². The first-order chi connectivity index (χ1) is 8.19. The maximum absolute atomic E-state index is 11.6.